The molecule has 1 aromatic rings. The molecule has 0 spiro atoms. The van der Waals surface area contributed by atoms with E-state index in [0.717, 1.165) is 0 Å². The van der Waals surface area contributed by atoms with Crippen molar-refractivity contribution in [3.63, 3.8) is 0 Å². The Morgan fingerprint density at radius 2 is 1.71 bits per heavy atom. The molecule has 1 aliphatic carbocycles. The zero-order valence-electron chi connectivity index (χ0n) is 10.9. The lowest BCUT2D eigenvalue weighted by Gasteiger charge is -2.35. The maximum Gasteiger partial charge on any atom is 0.0194 e. The Hall–Kier alpha value is -1.30. The van der Waals surface area contributed by atoms with Gasteiger partial charge in [-0.15, -0.1) is 0 Å². The molecule has 90 valence electrons. The zero-order chi connectivity index (χ0) is 12.1. The molecule has 0 N–H and O–H groups in total. The Balaban J connectivity index is 2.46. The lowest BCUT2D eigenvalue weighted by molar-refractivity contribution is 0.473. The van der Waals surface area contributed by atoms with Gasteiger partial charge in [-0.3, -0.25) is 0 Å². The number of hydrogen-bond donors (Lipinski definition) is 0. The highest BCUT2D eigenvalue weighted by atomic mass is 14.3. The summed E-state index contributed by atoms with van der Waals surface area (Å²) >= 11 is 0. The van der Waals surface area contributed by atoms with Crippen LogP contribution in [-0.4, -0.2) is 0 Å². The molecule has 0 radical (unpaired) electrons. The van der Waals surface area contributed by atoms with Gasteiger partial charge < -0.3 is 0 Å². The Morgan fingerprint density at radius 3 is 2.24 bits per heavy atom. The maximum absolute atomic E-state index is 2.43. The minimum atomic E-state index is 0.220. The summed E-state index contributed by atoms with van der Waals surface area (Å²) in [5, 5.41) is 0. The van der Waals surface area contributed by atoms with Crippen LogP contribution in [0.5, 0.6) is 0 Å². The van der Waals surface area contributed by atoms with Crippen molar-refractivity contribution < 1.29 is 0 Å². The van der Waals surface area contributed by atoms with Crippen molar-refractivity contribution in [2.45, 2.75) is 44.9 Å². The molecule has 0 saturated heterocycles. The highest BCUT2D eigenvalue weighted by Crippen LogP contribution is 2.40. The van der Waals surface area contributed by atoms with Crippen molar-refractivity contribution in [2.75, 3.05) is 0 Å². The van der Waals surface area contributed by atoms with Crippen molar-refractivity contribution in [1.82, 2.24) is 0 Å². The molecule has 0 heterocycles. The summed E-state index contributed by atoms with van der Waals surface area (Å²) in [4.78, 5) is 0. The van der Waals surface area contributed by atoms with E-state index in [0.29, 0.717) is 0 Å². The fourth-order valence-corrected chi connectivity index (χ4v) is 2.96. The number of rotatable bonds is 4. The van der Waals surface area contributed by atoms with Gasteiger partial charge in [0.15, 0.2) is 0 Å². The molecule has 0 unspecified atom stereocenters. The Bertz CT molecular complexity index is 405. The fraction of sp³-hybridized carbons (Fsp3) is 0.412. The van der Waals surface area contributed by atoms with Gasteiger partial charge in [-0.25, -0.2) is 0 Å². The van der Waals surface area contributed by atoms with E-state index in [2.05, 4.69) is 62.4 Å². The molecule has 0 amide bonds. The van der Waals surface area contributed by atoms with Crippen LogP contribution in [0.4, 0.5) is 0 Å². The van der Waals surface area contributed by atoms with E-state index in [1.54, 1.807) is 0 Å². The largest absolute Gasteiger partial charge is 0.0839 e. The van der Waals surface area contributed by atoms with Crippen LogP contribution in [0.15, 0.2) is 54.1 Å². The predicted molar refractivity (Wildman–Crippen MR) is 75.2 cm³/mol. The van der Waals surface area contributed by atoms with E-state index >= 15 is 0 Å². The lowest BCUT2D eigenvalue weighted by atomic mass is 9.69. The summed E-state index contributed by atoms with van der Waals surface area (Å²) in [6, 6.07) is 11.0. The van der Waals surface area contributed by atoms with Crippen molar-refractivity contribution in [2.24, 2.45) is 0 Å². The molecular formula is C17H22. The molecule has 0 heteroatoms. The van der Waals surface area contributed by atoms with Gasteiger partial charge in [0.25, 0.3) is 0 Å². The summed E-state index contributed by atoms with van der Waals surface area (Å²) in [7, 11) is 0. The Morgan fingerprint density at radius 1 is 1.00 bits per heavy atom. The Kier molecular flexibility index (Phi) is 3.83. The maximum atomic E-state index is 2.43. The highest BCUT2D eigenvalue weighted by molar-refractivity contribution is 5.42. The van der Waals surface area contributed by atoms with Gasteiger partial charge in [0.1, 0.15) is 0 Å². The van der Waals surface area contributed by atoms with Gasteiger partial charge in [0.2, 0.25) is 0 Å². The molecule has 0 saturated carbocycles. The summed E-state index contributed by atoms with van der Waals surface area (Å²) in [5.74, 6) is 0. The van der Waals surface area contributed by atoms with E-state index in [1.807, 2.05) is 0 Å². The van der Waals surface area contributed by atoms with Gasteiger partial charge in [0, 0.05) is 5.41 Å². The minimum Gasteiger partial charge on any atom is -0.0839 e. The van der Waals surface area contributed by atoms with Gasteiger partial charge in [-0.05, 0) is 36.8 Å². The average Bonchev–Trinajstić information content (AvgIpc) is 2.43. The fourth-order valence-electron chi connectivity index (χ4n) is 2.96. The van der Waals surface area contributed by atoms with Crippen LogP contribution in [0.1, 0.15) is 45.1 Å². The number of allylic oxidation sites excluding steroid dienone is 4. The third kappa shape index (κ3) is 2.22. The first-order chi connectivity index (χ1) is 8.33. The average molecular weight is 226 g/mol. The van der Waals surface area contributed by atoms with Crippen LogP contribution in [0.2, 0.25) is 0 Å². The topological polar surface area (TPSA) is 0 Å². The third-order valence-electron chi connectivity index (χ3n) is 4.08. The summed E-state index contributed by atoms with van der Waals surface area (Å²) in [6.07, 6.45) is 11.8. The third-order valence-corrected chi connectivity index (χ3v) is 4.08. The SMILES string of the molecule is CCC(CC)(C1=CCCC=C1)c1ccccc1. The number of benzene rings is 1. The number of hydrogen-bond acceptors (Lipinski definition) is 0. The van der Waals surface area contributed by atoms with Crippen LogP contribution >= 0.6 is 0 Å². The molecule has 0 aromatic heterocycles. The molecule has 0 fully saturated rings. The molecule has 0 atom stereocenters. The van der Waals surface area contributed by atoms with E-state index in [4.69, 9.17) is 0 Å². The first-order valence-corrected chi connectivity index (χ1v) is 6.76. The minimum absolute atomic E-state index is 0.220. The molecule has 17 heavy (non-hydrogen) atoms. The molecule has 1 aromatic carbocycles. The normalized spacial score (nSPS) is 15.8. The monoisotopic (exact) mass is 226 g/mol. The molecule has 0 nitrogen and oxygen atoms in total. The van der Waals surface area contributed by atoms with Crippen molar-refractivity contribution in [1.29, 1.82) is 0 Å². The first-order valence-electron chi connectivity index (χ1n) is 6.76. The van der Waals surface area contributed by atoms with Crippen LogP contribution in [0, 0.1) is 0 Å². The second-order valence-electron chi connectivity index (χ2n) is 4.79. The quantitative estimate of drug-likeness (QED) is 0.676. The first kappa shape index (κ1) is 12.2. The summed E-state index contributed by atoms with van der Waals surface area (Å²) in [6.45, 7) is 4.61. The van der Waals surface area contributed by atoms with Gasteiger partial charge in [0.05, 0.1) is 0 Å². The molecule has 2 rings (SSSR count). The van der Waals surface area contributed by atoms with Crippen molar-refractivity contribution in [3.05, 3.63) is 59.7 Å². The Labute approximate surface area is 105 Å². The molecular weight excluding hydrogens is 204 g/mol. The van der Waals surface area contributed by atoms with Gasteiger partial charge in [-0.1, -0.05) is 62.4 Å². The van der Waals surface area contributed by atoms with Crippen LogP contribution < -0.4 is 0 Å². The molecule has 1 aliphatic rings. The van der Waals surface area contributed by atoms with Crippen LogP contribution in [0.3, 0.4) is 0 Å². The van der Waals surface area contributed by atoms with Crippen LogP contribution in [-0.2, 0) is 5.41 Å². The zero-order valence-corrected chi connectivity index (χ0v) is 10.9. The van der Waals surface area contributed by atoms with Crippen LogP contribution in [0.25, 0.3) is 0 Å². The smallest absolute Gasteiger partial charge is 0.0194 e. The standard InChI is InChI=1S/C17H22/c1-3-17(4-2,15-11-7-5-8-12-15)16-13-9-6-10-14-16/h5,7-9,11-14H,3-4,6,10H2,1-2H3. The summed E-state index contributed by atoms with van der Waals surface area (Å²) in [5.41, 5.74) is 3.20. The van der Waals surface area contributed by atoms with E-state index in [9.17, 15) is 0 Å². The van der Waals surface area contributed by atoms with Gasteiger partial charge >= 0.3 is 0 Å². The van der Waals surface area contributed by atoms with E-state index < -0.39 is 0 Å². The predicted octanol–water partition coefficient (Wildman–Crippen LogP) is 5.02. The van der Waals surface area contributed by atoms with E-state index in [-0.39, 0.29) is 5.41 Å². The highest BCUT2D eigenvalue weighted by Gasteiger charge is 2.31. The second-order valence-corrected chi connectivity index (χ2v) is 4.79. The second kappa shape index (κ2) is 5.35. The van der Waals surface area contributed by atoms with Crippen molar-refractivity contribution in [3.8, 4) is 0 Å². The molecule has 0 aliphatic heterocycles. The van der Waals surface area contributed by atoms with E-state index in [1.165, 1.54) is 36.8 Å². The van der Waals surface area contributed by atoms with Gasteiger partial charge in [-0.2, -0.15) is 0 Å². The van der Waals surface area contributed by atoms with Crippen molar-refractivity contribution >= 4 is 0 Å². The lowest BCUT2D eigenvalue weighted by Crippen LogP contribution is -2.27. The molecule has 0 bridgehead atoms. The summed E-state index contributed by atoms with van der Waals surface area (Å²) < 4.78 is 0.